The number of nitrogens with one attached hydrogen (secondary N) is 1. The van der Waals surface area contributed by atoms with Crippen molar-refractivity contribution in [2.45, 2.75) is 20.3 Å². The zero-order chi connectivity index (χ0) is 15.8. The van der Waals surface area contributed by atoms with E-state index in [2.05, 4.69) is 19.2 Å². The normalized spacial score (nSPS) is 11.6. The highest BCUT2D eigenvalue weighted by atomic mass is 16.5. The van der Waals surface area contributed by atoms with Crippen LogP contribution in [0.25, 0.3) is 0 Å². The summed E-state index contributed by atoms with van der Waals surface area (Å²) in [4.78, 5) is 24.2. The molecule has 0 aromatic heterocycles. The predicted molar refractivity (Wildman–Crippen MR) is 80.7 cm³/mol. The molecule has 0 aliphatic heterocycles. The van der Waals surface area contributed by atoms with Crippen LogP contribution >= 0.6 is 0 Å². The number of hydrogen-bond acceptors (Lipinski definition) is 3. The van der Waals surface area contributed by atoms with Crippen molar-refractivity contribution in [1.29, 1.82) is 0 Å². The molecule has 0 fully saturated rings. The monoisotopic (exact) mass is 294 g/mol. The molecular weight excluding hydrogens is 272 g/mol. The van der Waals surface area contributed by atoms with Crippen LogP contribution in [0.4, 0.5) is 10.5 Å². The second-order valence-corrected chi connectivity index (χ2v) is 5.00. The van der Waals surface area contributed by atoms with Crippen molar-refractivity contribution in [3.8, 4) is 5.75 Å². The van der Waals surface area contributed by atoms with E-state index in [0.717, 1.165) is 6.42 Å². The zero-order valence-corrected chi connectivity index (χ0v) is 12.6. The Kier molecular flexibility index (Phi) is 6.52. The van der Waals surface area contributed by atoms with E-state index in [1.165, 1.54) is 0 Å². The van der Waals surface area contributed by atoms with Crippen LogP contribution in [0.1, 0.15) is 20.3 Å². The highest BCUT2D eigenvalue weighted by Crippen LogP contribution is 2.24. The molecule has 6 nitrogen and oxygen atoms in total. The Morgan fingerprint density at radius 2 is 2.05 bits per heavy atom. The first-order valence-corrected chi connectivity index (χ1v) is 6.89. The summed E-state index contributed by atoms with van der Waals surface area (Å²) in [5.74, 6) is -0.311. The van der Waals surface area contributed by atoms with Crippen molar-refractivity contribution in [3.63, 3.8) is 0 Å². The van der Waals surface area contributed by atoms with Crippen molar-refractivity contribution in [2.75, 3.05) is 25.5 Å². The number of carbonyl (C=O) groups is 2. The lowest BCUT2D eigenvalue weighted by Gasteiger charge is -2.22. The number of aliphatic carboxylic acids is 1. The summed E-state index contributed by atoms with van der Waals surface area (Å²) in [5.41, 5.74) is 0.458. The highest BCUT2D eigenvalue weighted by Gasteiger charge is 2.14. The van der Waals surface area contributed by atoms with E-state index in [1.807, 2.05) is 0 Å². The molecule has 0 radical (unpaired) electrons. The van der Waals surface area contributed by atoms with Crippen molar-refractivity contribution in [2.24, 2.45) is 5.92 Å². The van der Waals surface area contributed by atoms with E-state index in [-0.39, 0.29) is 6.03 Å². The number of ether oxygens (including phenoxy) is 1. The molecule has 2 N–H and O–H groups in total. The summed E-state index contributed by atoms with van der Waals surface area (Å²) in [6, 6.07) is 6.51. The quantitative estimate of drug-likeness (QED) is 0.810. The number of carbonyl (C=O) groups excluding carboxylic acids is 1. The second kappa shape index (κ2) is 8.14. The lowest BCUT2D eigenvalue weighted by Crippen LogP contribution is -2.34. The average Bonchev–Trinajstić information content (AvgIpc) is 2.45. The van der Waals surface area contributed by atoms with E-state index in [9.17, 15) is 9.59 Å². The number of amides is 2. The number of anilines is 1. The fourth-order valence-electron chi connectivity index (χ4n) is 1.73. The molecule has 0 heterocycles. The van der Waals surface area contributed by atoms with Gasteiger partial charge in [-0.3, -0.25) is 0 Å². The van der Waals surface area contributed by atoms with E-state index < -0.39 is 12.6 Å². The third-order valence-electron chi connectivity index (χ3n) is 3.11. The van der Waals surface area contributed by atoms with Crippen LogP contribution in [0.15, 0.2) is 24.3 Å². The summed E-state index contributed by atoms with van der Waals surface area (Å²) < 4.78 is 5.15. The molecule has 0 bridgehead atoms. The molecule has 0 aliphatic carbocycles. The summed E-state index contributed by atoms with van der Waals surface area (Å²) in [6.45, 7) is 4.36. The Bertz CT molecular complexity index is 490. The molecule has 1 unspecified atom stereocenters. The van der Waals surface area contributed by atoms with Gasteiger partial charge >= 0.3 is 12.0 Å². The Morgan fingerprint density at radius 1 is 1.38 bits per heavy atom. The van der Waals surface area contributed by atoms with Crippen molar-refractivity contribution in [1.82, 2.24) is 4.90 Å². The lowest BCUT2D eigenvalue weighted by atomic mass is 10.1. The summed E-state index contributed by atoms with van der Waals surface area (Å²) in [7, 11) is 1.72. The molecule has 1 rings (SSSR count). The summed E-state index contributed by atoms with van der Waals surface area (Å²) in [5, 5.41) is 11.4. The Balaban J connectivity index is 2.69. The maximum Gasteiger partial charge on any atom is 0.341 e. The Morgan fingerprint density at radius 3 is 2.67 bits per heavy atom. The largest absolute Gasteiger partial charge is 0.480 e. The molecule has 1 atom stereocenters. The standard InChI is InChI=1S/C15H22N2O4/c1-4-11(2)9-17(3)15(20)16-12-7-5-6-8-13(12)21-10-14(18)19/h5-8,11H,4,9-10H2,1-3H3,(H,16,20)(H,18,19). The molecule has 0 saturated carbocycles. The predicted octanol–water partition coefficient (Wildman–Crippen LogP) is 2.66. The van der Waals surface area contributed by atoms with E-state index in [4.69, 9.17) is 9.84 Å². The number of hydrogen-bond donors (Lipinski definition) is 2. The number of carboxylic acid groups (broad SMARTS) is 1. The molecule has 0 aliphatic rings. The van der Waals surface area contributed by atoms with Crippen LogP contribution in [0.2, 0.25) is 0 Å². The number of nitrogens with zero attached hydrogens (tertiary/aromatic N) is 1. The molecule has 1 aromatic rings. The molecular formula is C15H22N2O4. The van der Waals surface area contributed by atoms with Gasteiger partial charge in [-0.05, 0) is 18.1 Å². The fourth-order valence-corrected chi connectivity index (χ4v) is 1.73. The van der Waals surface area contributed by atoms with Gasteiger partial charge < -0.3 is 20.1 Å². The van der Waals surface area contributed by atoms with Gasteiger partial charge in [-0.25, -0.2) is 9.59 Å². The van der Waals surface area contributed by atoms with Crippen LogP contribution in [-0.4, -0.2) is 42.2 Å². The smallest absolute Gasteiger partial charge is 0.341 e. The number of urea groups is 1. The highest BCUT2D eigenvalue weighted by molar-refractivity contribution is 5.90. The average molecular weight is 294 g/mol. The number of benzene rings is 1. The first kappa shape index (κ1) is 16.8. The molecule has 116 valence electrons. The Labute approximate surface area is 124 Å². The zero-order valence-electron chi connectivity index (χ0n) is 12.6. The van der Waals surface area contributed by atoms with E-state index in [0.29, 0.717) is 23.9 Å². The van der Waals surface area contributed by atoms with Gasteiger partial charge in [0.25, 0.3) is 0 Å². The number of para-hydroxylation sites is 2. The fraction of sp³-hybridized carbons (Fsp3) is 0.467. The van der Waals surface area contributed by atoms with E-state index >= 15 is 0 Å². The van der Waals surface area contributed by atoms with Crippen LogP contribution in [0, 0.1) is 5.92 Å². The van der Waals surface area contributed by atoms with Gasteiger partial charge in [0.05, 0.1) is 5.69 Å². The third-order valence-corrected chi connectivity index (χ3v) is 3.11. The summed E-state index contributed by atoms with van der Waals surface area (Å²) >= 11 is 0. The number of carboxylic acids is 1. The minimum absolute atomic E-state index is 0.248. The van der Waals surface area contributed by atoms with Crippen LogP contribution in [-0.2, 0) is 4.79 Å². The molecule has 0 saturated heterocycles. The van der Waals surface area contributed by atoms with Gasteiger partial charge in [0.15, 0.2) is 6.61 Å². The van der Waals surface area contributed by atoms with Gasteiger partial charge in [0, 0.05) is 13.6 Å². The van der Waals surface area contributed by atoms with Gasteiger partial charge in [-0.1, -0.05) is 32.4 Å². The van der Waals surface area contributed by atoms with Gasteiger partial charge in [-0.2, -0.15) is 0 Å². The van der Waals surface area contributed by atoms with E-state index in [1.54, 1.807) is 36.2 Å². The van der Waals surface area contributed by atoms with Crippen LogP contribution < -0.4 is 10.1 Å². The minimum Gasteiger partial charge on any atom is -0.480 e. The van der Waals surface area contributed by atoms with Gasteiger partial charge in [-0.15, -0.1) is 0 Å². The third kappa shape index (κ3) is 5.72. The van der Waals surface area contributed by atoms with Crippen molar-refractivity contribution >= 4 is 17.7 Å². The molecule has 6 heteroatoms. The molecule has 0 spiro atoms. The number of rotatable bonds is 7. The second-order valence-electron chi connectivity index (χ2n) is 5.00. The lowest BCUT2D eigenvalue weighted by molar-refractivity contribution is -0.139. The van der Waals surface area contributed by atoms with Gasteiger partial charge in [0.1, 0.15) is 5.75 Å². The topological polar surface area (TPSA) is 78.9 Å². The maximum atomic E-state index is 12.1. The van der Waals surface area contributed by atoms with Gasteiger partial charge in [0.2, 0.25) is 0 Å². The SMILES string of the molecule is CCC(C)CN(C)C(=O)Nc1ccccc1OCC(=O)O. The van der Waals surface area contributed by atoms with Crippen molar-refractivity contribution in [3.05, 3.63) is 24.3 Å². The summed E-state index contributed by atoms with van der Waals surface area (Å²) in [6.07, 6.45) is 0.996. The minimum atomic E-state index is -1.06. The first-order valence-electron chi connectivity index (χ1n) is 6.89. The van der Waals surface area contributed by atoms with Crippen LogP contribution in [0.5, 0.6) is 5.75 Å². The first-order chi connectivity index (χ1) is 9.93. The van der Waals surface area contributed by atoms with Crippen LogP contribution in [0.3, 0.4) is 0 Å². The molecule has 21 heavy (non-hydrogen) atoms. The molecule has 1 aromatic carbocycles. The maximum absolute atomic E-state index is 12.1. The Hall–Kier alpha value is -2.24. The molecule has 2 amide bonds. The van der Waals surface area contributed by atoms with Crippen molar-refractivity contribution < 1.29 is 19.4 Å².